The Morgan fingerprint density at radius 2 is 0.662 bits per heavy atom. The number of carbonyl (C=O) groups excluding carboxylic acids is 4. The van der Waals surface area contributed by atoms with E-state index in [0.717, 1.165) is 27.7 Å². The third-order valence-corrected chi connectivity index (χ3v) is 12.0. The molecular formula is C38H65N5O25. The van der Waals surface area contributed by atoms with Crippen molar-refractivity contribution in [2.75, 3.05) is 33.0 Å². The molecule has 0 saturated carbocycles. The zero-order valence-corrected chi connectivity index (χ0v) is 37.2. The van der Waals surface area contributed by atoms with Crippen LogP contribution in [0.25, 0.3) is 0 Å². The number of aliphatic hydroxyl groups is 12. The van der Waals surface area contributed by atoms with Gasteiger partial charge in [0.2, 0.25) is 23.6 Å². The molecule has 0 bridgehead atoms. The Morgan fingerprint density at radius 3 is 0.971 bits per heavy atom. The second-order valence-corrected chi connectivity index (χ2v) is 17.0. The highest BCUT2D eigenvalue weighted by atomic mass is 16.8. The van der Waals surface area contributed by atoms with Gasteiger partial charge in [-0.15, -0.1) is 0 Å². The SMILES string of the molecule is CC(=O)NC1C(O)OC(CO)C(OC2OC(CO)C(OC3OC(CO)C(OC4OC(CO)C(OC5OC(CO)C(O)C(O)C5N)C(O)C4NC(C)=O)C(O)C3NC(C)=O)C(O)C2NC(C)=O)C1O. The van der Waals surface area contributed by atoms with Crippen LogP contribution in [0, 0.1) is 0 Å². The summed E-state index contributed by atoms with van der Waals surface area (Å²) < 4.78 is 52.6. The van der Waals surface area contributed by atoms with Gasteiger partial charge in [-0.25, -0.2) is 0 Å². The van der Waals surface area contributed by atoms with E-state index in [1.807, 2.05) is 0 Å². The normalized spacial score (nSPS) is 45.5. The van der Waals surface area contributed by atoms with E-state index >= 15 is 0 Å². The molecule has 5 aliphatic rings. The second-order valence-electron chi connectivity index (χ2n) is 17.0. The standard InChI is InChI=1S/C38H65N5O25/c1-10(49)40-20-26(55)30(15(6-45)60-34(20)59)66-36-22(42-12(3)51)28(57)32(17(8-47)63-36)68-38-23(43-13(4)52)29(58)33(18(9-48)64-38)67-37-21(41-11(2)50)27(56)31(16(7-46)62-37)65-35-19(39)25(54)24(53)14(5-44)61-35/h14-38,44-48,53-59H,5-9,39H2,1-4H3,(H,40,49)(H,41,50)(H,42,51)(H,43,52). The van der Waals surface area contributed by atoms with Crippen molar-refractivity contribution in [1.82, 2.24) is 21.3 Å². The van der Waals surface area contributed by atoms with E-state index in [1.165, 1.54) is 0 Å². The van der Waals surface area contributed by atoms with Gasteiger partial charge in [0.25, 0.3) is 0 Å². The van der Waals surface area contributed by atoms with Gasteiger partial charge in [0.1, 0.15) is 116 Å². The maximum Gasteiger partial charge on any atom is 0.217 e. The lowest BCUT2D eigenvalue weighted by Crippen LogP contribution is -2.72. The molecule has 30 nitrogen and oxygen atoms in total. The van der Waals surface area contributed by atoms with Crippen molar-refractivity contribution in [2.45, 2.75) is 181 Å². The summed E-state index contributed by atoms with van der Waals surface area (Å²) in [4.78, 5) is 49.4. The minimum absolute atomic E-state index is 0.682. The van der Waals surface area contributed by atoms with Crippen LogP contribution in [-0.4, -0.2) is 271 Å². The molecule has 4 amide bonds. The molecular weight excluding hydrogens is 926 g/mol. The molecule has 0 spiro atoms. The van der Waals surface area contributed by atoms with Crippen LogP contribution in [0.3, 0.4) is 0 Å². The number of carbonyl (C=O) groups is 4. The molecule has 25 unspecified atom stereocenters. The Morgan fingerprint density at radius 1 is 0.397 bits per heavy atom. The van der Waals surface area contributed by atoms with Gasteiger partial charge in [-0.1, -0.05) is 0 Å². The van der Waals surface area contributed by atoms with E-state index in [2.05, 4.69) is 21.3 Å². The third-order valence-electron chi connectivity index (χ3n) is 12.0. The molecule has 18 N–H and O–H groups in total. The van der Waals surface area contributed by atoms with Crippen LogP contribution in [0.4, 0.5) is 0 Å². The summed E-state index contributed by atoms with van der Waals surface area (Å²) in [6.45, 7) is -0.224. The number of aliphatic hydroxyl groups excluding tert-OH is 12. The first-order valence-corrected chi connectivity index (χ1v) is 21.6. The van der Waals surface area contributed by atoms with Crippen LogP contribution in [0.2, 0.25) is 0 Å². The lowest BCUT2D eigenvalue weighted by Gasteiger charge is -2.51. The molecule has 5 rings (SSSR count). The second kappa shape index (κ2) is 24.4. The highest BCUT2D eigenvalue weighted by Gasteiger charge is 2.57. The van der Waals surface area contributed by atoms with Crippen molar-refractivity contribution in [3.63, 3.8) is 0 Å². The molecule has 30 heteroatoms. The van der Waals surface area contributed by atoms with Crippen LogP contribution in [0.1, 0.15) is 27.7 Å². The fraction of sp³-hybridized carbons (Fsp3) is 0.895. The summed E-state index contributed by atoms with van der Waals surface area (Å²) in [6, 6.07) is -7.91. The fourth-order valence-corrected chi connectivity index (χ4v) is 8.70. The Balaban J connectivity index is 1.38. The van der Waals surface area contributed by atoms with Crippen molar-refractivity contribution in [1.29, 1.82) is 0 Å². The highest BCUT2D eigenvalue weighted by molar-refractivity contribution is 5.74. The molecule has 0 aromatic carbocycles. The van der Waals surface area contributed by atoms with Gasteiger partial charge in [-0.05, 0) is 0 Å². The lowest BCUT2D eigenvalue weighted by molar-refractivity contribution is -0.367. The first kappa shape index (κ1) is 55.9. The molecule has 5 saturated heterocycles. The highest BCUT2D eigenvalue weighted by Crippen LogP contribution is 2.35. The Hall–Kier alpha value is -3.00. The number of amides is 4. The zero-order chi connectivity index (χ0) is 50.5. The molecule has 392 valence electrons. The van der Waals surface area contributed by atoms with Gasteiger partial charge in [0.15, 0.2) is 31.5 Å². The van der Waals surface area contributed by atoms with Crippen molar-refractivity contribution in [3.8, 4) is 0 Å². The van der Waals surface area contributed by atoms with E-state index in [0.29, 0.717) is 0 Å². The Bertz CT molecular complexity index is 1680. The quantitative estimate of drug-likeness (QED) is 0.0643. The first-order valence-electron chi connectivity index (χ1n) is 21.6. The molecule has 5 fully saturated rings. The molecule has 0 aliphatic carbocycles. The maximum atomic E-state index is 12.6. The van der Waals surface area contributed by atoms with Crippen LogP contribution in [0.15, 0.2) is 0 Å². The lowest BCUT2D eigenvalue weighted by atomic mass is 9.93. The topological polar surface area (TPSA) is 468 Å². The predicted molar refractivity (Wildman–Crippen MR) is 215 cm³/mol. The molecule has 0 aromatic rings. The summed E-state index contributed by atoms with van der Waals surface area (Å²) >= 11 is 0. The Labute approximate surface area is 387 Å². The van der Waals surface area contributed by atoms with E-state index in [4.69, 9.17) is 48.4 Å². The van der Waals surface area contributed by atoms with E-state index in [1.54, 1.807) is 0 Å². The summed E-state index contributed by atoms with van der Waals surface area (Å²) in [5, 5.41) is 138. The molecule has 25 atom stereocenters. The van der Waals surface area contributed by atoms with Gasteiger partial charge >= 0.3 is 0 Å². The average molecular weight is 992 g/mol. The average Bonchev–Trinajstić information content (AvgIpc) is 3.28. The van der Waals surface area contributed by atoms with Crippen molar-refractivity contribution >= 4 is 23.6 Å². The fourth-order valence-electron chi connectivity index (χ4n) is 8.70. The van der Waals surface area contributed by atoms with E-state index < -0.39 is 210 Å². The number of hydrogen-bond acceptors (Lipinski definition) is 26. The van der Waals surface area contributed by atoms with Crippen LogP contribution < -0.4 is 27.0 Å². The summed E-state index contributed by atoms with van der Waals surface area (Å²) in [7, 11) is 0. The molecule has 0 radical (unpaired) electrons. The van der Waals surface area contributed by atoms with E-state index in [9.17, 15) is 80.5 Å². The number of nitrogens with one attached hydrogen (secondary N) is 4. The minimum atomic E-state index is -1.97. The maximum absolute atomic E-state index is 12.6. The number of ether oxygens (including phenoxy) is 9. The summed E-state index contributed by atoms with van der Waals surface area (Å²) in [6.07, 6.45) is -34.2. The Kier molecular flexibility index (Phi) is 20.1. The van der Waals surface area contributed by atoms with Crippen LogP contribution in [-0.2, 0) is 61.8 Å². The monoisotopic (exact) mass is 991 g/mol. The van der Waals surface area contributed by atoms with Crippen molar-refractivity contribution < 1.29 is 123 Å². The number of nitrogens with two attached hydrogens (primary N) is 1. The molecule has 5 aliphatic heterocycles. The third kappa shape index (κ3) is 12.5. The number of rotatable bonds is 17. The summed E-state index contributed by atoms with van der Waals surface area (Å²) in [5.41, 5.74) is 6.01. The van der Waals surface area contributed by atoms with Gasteiger partial charge in [0, 0.05) is 27.7 Å². The molecule has 5 heterocycles. The largest absolute Gasteiger partial charge is 0.394 e. The van der Waals surface area contributed by atoms with Gasteiger partial charge in [-0.3, -0.25) is 19.2 Å². The number of hydrogen-bond donors (Lipinski definition) is 17. The van der Waals surface area contributed by atoms with E-state index in [-0.39, 0.29) is 0 Å². The van der Waals surface area contributed by atoms with Crippen LogP contribution in [0.5, 0.6) is 0 Å². The summed E-state index contributed by atoms with van der Waals surface area (Å²) in [5.74, 6) is -3.01. The zero-order valence-electron chi connectivity index (χ0n) is 37.2. The predicted octanol–water partition coefficient (Wildman–Crippen LogP) is -11.4. The molecule has 68 heavy (non-hydrogen) atoms. The van der Waals surface area contributed by atoms with Gasteiger partial charge < -0.3 is 131 Å². The van der Waals surface area contributed by atoms with Crippen molar-refractivity contribution in [3.05, 3.63) is 0 Å². The van der Waals surface area contributed by atoms with Crippen LogP contribution >= 0.6 is 0 Å². The first-order chi connectivity index (χ1) is 32.1. The smallest absolute Gasteiger partial charge is 0.217 e. The molecule has 0 aromatic heterocycles. The minimum Gasteiger partial charge on any atom is -0.394 e. The van der Waals surface area contributed by atoms with Crippen molar-refractivity contribution in [2.24, 2.45) is 5.73 Å². The van der Waals surface area contributed by atoms with Gasteiger partial charge in [0.05, 0.1) is 39.1 Å². The van der Waals surface area contributed by atoms with Gasteiger partial charge in [-0.2, -0.15) is 0 Å².